The lowest BCUT2D eigenvalue weighted by molar-refractivity contribution is -0.117. The number of aryl methyl sites for hydroxylation is 1. The summed E-state index contributed by atoms with van der Waals surface area (Å²) in [4.78, 5) is 17.1. The number of hydrogen-bond acceptors (Lipinski definition) is 4. The summed E-state index contributed by atoms with van der Waals surface area (Å²) < 4.78 is 1.75. The van der Waals surface area contributed by atoms with Gasteiger partial charge in [0.2, 0.25) is 5.91 Å². The number of fused-ring (bicyclic) bond motifs is 1. The zero-order valence-electron chi connectivity index (χ0n) is 16.6. The topological polar surface area (TPSA) is 85.8 Å². The lowest BCUT2D eigenvalue weighted by Crippen LogP contribution is -2.15. The summed E-state index contributed by atoms with van der Waals surface area (Å²) in [5.74, 6) is 0.578. The fourth-order valence-corrected chi connectivity index (χ4v) is 4.59. The highest BCUT2D eigenvalue weighted by Gasteiger charge is 2.44. The van der Waals surface area contributed by atoms with E-state index in [0.717, 1.165) is 33.9 Å². The second-order valence-electron chi connectivity index (χ2n) is 7.84. The second-order valence-corrected chi connectivity index (χ2v) is 8.65. The molecule has 1 fully saturated rings. The van der Waals surface area contributed by atoms with Gasteiger partial charge in [0.05, 0.1) is 6.20 Å². The van der Waals surface area contributed by atoms with E-state index >= 15 is 0 Å². The third kappa shape index (κ3) is 3.73. The van der Waals surface area contributed by atoms with Crippen molar-refractivity contribution in [3.8, 4) is 11.1 Å². The molecule has 3 N–H and O–H groups in total. The Bertz CT molecular complexity index is 1310. The number of nitrogen functional groups attached to an aromatic ring is 1. The highest BCUT2D eigenvalue weighted by atomic mass is 35.5. The van der Waals surface area contributed by atoms with Gasteiger partial charge in [0.25, 0.3) is 0 Å². The quantitative estimate of drug-likeness (QED) is 0.414. The van der Waals surface area contributed by atoms with Crippen LogP contribution in [0.1, 0.15) is 17.9 Å². The van der Waals surface area contributed by atoms with E-state index in [1.807, 2.05) is 37.6 Å². The molecule has 6 nitrogen and oxygen atoms in total. The van der Waals surface area contributed by atoms with E-state index < -0.39 is 0 Å². The van der Waals surface area contributed by atoms with E-state index in [2.05, 4.69) is 15.4 Å². The second kappa shape index (κ2) is 7.55. The number of anilines is 2. The van der Waals surface area contributed by atoms with E-state index in [1.165, 1.54) is 0 Å². The summed E-state index contributed by atoms with van der Waals surface area (Å²) in [5, 5.41) is 9.85. The minimum atomic E-state index is -0.0694. The first-order valence-corrected chi connectivity index (χ1v) is 10.6. The monoisotopic (exact) mass is 451 g/mol. The predicted octanol–water partition coefficient (Wildman–Crippen LogP) is 5.27. The van der Waals surface area contributed by atoms with Crippen molar-refractivity contribution in [1.29, 1.82) is 0 Å². The van der Waals surface area contributed by atoms with Gasteiger partial charge in [-0.2, -0.15) is 5.10 Å². The number of benzene rings is 2. The molecule has 0 bridgehead atoms. The van der Waals surface area contributed by atoms with E-state index in [9.17, 15) is 4.79 Å². The maximum absolute atomic E-state index is 12.7. The van der Waals surface area contributed by atoms with Crippen molar-refractivity contribution in [1.82, 2.24) is 14.8 Å². The van der Waals surface area contributed by atoms with Gasteiger partial charge < -0.3 is 11.1 Å². The summed E-state index contributed by atoms with van der Waals surface area (Å²) in [7, 11) is 1.87. The van der Waals surface area contributed by atoms with Crippen molar-refractivity contribution in [2.24, 2.45) is 13.0 Å². The Morgan fingerprint density at radius 3 is 2.68 bits per heavy atom. The van der Waals surface area contributed by atoms with Gasteiger partial charge in [-0.25, -0.2) is 4.98 Å². The van der Waals surface area contributed by atoms with Crippen molar-refractivity contribution < 1.29 is 4.79 Å². The zero-order valence-corrected chi connectivity index (χ0v) is 18.2. The van der Waals surface area contributed by atoms with E-state index in [1.54, 1.807) is 29.1 Å². The maximum Gasteiger partial charge on any atom is 0.229 e. The lowest BCUT2D eigenvalue weighted by atomic mass is 10.0. The van der Waals surface area contributed by atoms with Crippen molar-refractivity contribution >= 4 is 51.4 Å². The maximum atomic E-state index is 12.7. The van der Waals surface area contributed by atoms with Crippen molar-refractivity contribution in [2.45, 2.75) is 12.3 Å². The molecule has 0 saturated heterocycles. The number of rotatable bonds is 4. The summed E-state index contributed by atoms with van der Waals surface area (Å²) in [6.45, 7) is 0. The van der Waals surface area contributed by atoms with Gasteiger partial charge in [0.1, 0.15) is 5.82 Å². The number of aromatic nitrogens is 3. The Kier molecular flexibility index (Phi) is 4.84. The third-order valence-corrected chi connectivity index (χ3v) is 6.28. The van der Waals surface area contributed by atoms with Gasteiger partial charge in [0.15, 0.2) is 0 Å². The molecule has 31 heavy (non-hydrogen) atoms. The Labute approximate surface area is 189 Å². The molecular formula is C23H19Cl2N5O. The summed E-state index contributed by atoms with van der Waals surface area (Å²) >= 11 is 12.7. The van der Waals surface area contributed by atoms with Crippen LogP contribution in [0.15, 0.2) is 55.0 Å². The first-order valence-electron chi connectivity index (χ1n) is 9.84. The molecule has 156 valence electrons. The molecule has 1 aliphatic rings. The first-order chi connectivity index (χ1) is 14.9. The van der Waals surface area contributed by atoms with Crippen LogP contribution in [-0.4, -0.2) is 20.7 Å². The fourth-order valence-electron chi connectivity index (χ4n) is 3.98. The van der Waals surface area contributed by atoms with Gasteiger partial charge in [-0.05, 0) is 59.2 Å². The Balaban J connectivity index is 1.42. The highest BCUT2D eigenvalue weighted by molar-refractivity contribution is 6.39. The highest BCUT2D eigenvalue weighted by Crippen LogP contribution is 2.48. The van der Waals surface area contributed by atoms with Crippen LogP contribution in [-0.2, 0) is 11.8 Å². The number of hydrogen-bond donors (Lipinski definition) is 2. The van der Waals surface area contributed by atoms with E-state index in [-0.39, 0.29) is 17.7 Å². The SMILES string of the molecule is Cn1cc([C@@H]2C[C@H]2C(=O)Nc2cc3cc(-c4c(Cl)cccc4Cl)cc(N)c3cn2)cn1. The fraction of sp³-hybridized carbons (Fsp3) is 0.174. The van der Waals surface area contributed by atoms with Crippen LogP contribution in [0.4, 0.5) is 11.5 Å². The Morgan fingerprint density at radius 1 is 1.19 bits per heavy atom. The van der Waals surface area contributed by atoms with Crippen molar-refractivity contribution in [2.75, 3.05) is 11.1 Å². The van der Waals surface area contributed by atoms with Gasteiger partial charge in [0, 0.05) is 52.0 Å². The van der Waals surface area contributed by atoms with Crippen LogP contribution in [0.5, 0.6) is 0 Å². The molecule has 5 rings (SSSR count). The molecule has 2 aromatic heterocycles. The molecule has 2 atom stereocenters. The van der Waals surface area contributed by atoms with E-state index in [0.29, 0.717) is 21.6 Å². The minimum absolute atomic E-state index is 0.0426. The Morgan fingerprint density at radius 2 is 1.97 bits per heavy atom. The normalized spacial score (nSPS) is 17.6. The number of halogens is 2. The average Bonchev–Trinajstić information content (AvgIpc) is 3.41. The van der Waals surface area contributed by atoms with E-state index in [4.69, 9.17) is 28.9 Å². The molecule has 0 unspecified atom stereocenters. The molecule has 1 saturated carbocycles. The van der Waals surface area contributed by atoms with Crippen LogP contribution >= 0.6 is 23.2 Å². The van der Waals surface area contributed by atoms with Gasteiger partial charge >= 0.3 is 0 Å². The molecule has 8 heteroatoms. The van der Waals surface area contributed by atoms with Gasteiger partial charge in [-0.1, -0.05) is 29.3 Å². The van der Waals surface area contributed by atoms with Crippen LogP contribution in [0.25, 0.3) is 21.9 Å². The number of pyridine rings is 1. The number of carbonyl (C=O) groups excluding carboxylic acids is 1. The smallest absolute Gasteiger partial charge is 0.229 e. The number of amides is 1. The standard InChI is InChI=1S/C23H19Cl2N5O/c1-30-11-14(9-28-30)15-8-16(15)23(31)29-21-7-12-5-13(6-20(26)17(12)10-27-21)22-18(24)3-2-4-19(22)25/h2-7,9-11,15-16H,8,26H2,1H3,(H,27,29,31)/t15-,16+/m0/s1. The van der Waals surface area contributed by atoms with Crippen LogP contribution in [0, 0.1) is 5.92 Å². The molecule has 0 aliphatic heterocycles. The van der Waals surface area contributed by atoms with Crippen LogP contribution in [0.2, 0.25) is 10.0 Å². The number of carbonyl (C=O) groups is 1. The molecule has 2 aromatic carbocycles. The van der Waals surface area contributed by atoms with Crippen molar-refractivity contribution in [3.05, 3.63) is 70.6 Å². The molecule has 1 amide bonds. The summed E-state index contributed by atoms with van der Waals surface area (Å²) in [6, 6.07) is 11.0. The Hall–Kier alpha value is -3.09. The number of nitrogens with two attached hydrogens (primary N) is 1. The van der Waals surface area contributed by atoms with Crippen LogP contribution < -0.4 is 11.1 Å². The number of nitrogens with zero attached hydrogens (tertiary/aromatic N) is 3. The van der Waals surface area contributed by atoms with Crippen molar-refractivity contribution in [3.63, 3.8) is 0 Å². The lowest BCUT2D eigenvalue weighted by Gasteiger charge is -2.12. The molecule has 4 aromatic rings. The third-order valence-electron chi connectivity index (χ3n) is 5.65. The molecular weight excluding hydrogens is 433 g/mol. The van der Waals surface area contributed by atoms with Gasteiger partial charge in [-0.3, -0.25) is 9.48 Å². The largest absolute Gasteiger partial charge is 0.398 e. The number of nitrogens with one attached hydrogen (secondary N) is 1. The predicted molar refractivity (Wildman–Crippen MR) is 124 cm³/mol. The summed E-state index contributed by atoms with van der Waals surface area (Å²) in [5.41, 5.74) is 9.45. The first kappa shape index (κ1) is 19.8. The zero-order chi connectivity index (χ0) is 21.7. The summed E-state index contributed by atoms with van der Waals surface area (Å²) in [6.07, 6.45) is 6.25. The molecule has 0 radical (unpaired) electrons. The average molecular weight is 452 g/mol. The molecule has 0 spiro atoms. The van der Waals surface area contributed by atoms with Crippen LogP contribution in [0.3, 0.4) is 0 Å². The minimum Gasteiger partial charge on any atom is -0.398 e. The molecule has 2 heterocycles. The molecule has 1 aliphatic carbocycles. The van der Waals surface area contributed by atoms with Gasteiger partial charge in [-0.15, -0.1) is 0 Å².